The van der Waals surface area contributed by atoms with Crippen molar-refractivity contribution in [3.63, 3.8) is 0 Å². The van der Waals surface area contributed by atoms with E-state index in [0.717, 1.165) is 25.7 Å². The van der Waals surface area contributed by atoms with Crippen molar-refractivity contribution < 1.29 is 17.9 Å². The van der Waals surface area contributed by atoms with Gasteiger partial charge in [-0.2, -0.15) is 4.39 Å². The fourth-order valence-corrected chi connectivity index (χ4v) is 5.20. The van der Waals surface area contributed by atoms with Gasteiger partial charge in [0.25, 0.3) is 0 Å². The lowest BCUT2D eigenvalue weighted by Gasteiger charge is -2.43. The molecule has 0 heterocycles. The van der Waals surface area contributed by atoms with Crippen LogP contribution in [0, 0.1) is 28.9 Å². The zero-order chi connectivity index (χ0) is 19.6. The van der Waals surface area contributed by atoms with Gasteiger partial charge >= 0.3 is 0 Å². The maximum Gasteiger partial charge on any atom is 0.200 e. The third-order valence-electron chi connectivity index (χ3n) is 7.34. The predicted octanol–water partition coefficient (Wildman–Crippen LogP) is 7.19. The molecule has 4 heteroatoms. The molecule has 27 heavy (non-hydrogen) atoms. The number of benzene rings is 1. The Labute approximate surface area is 161 Å². The van der Waals surface area contributed by atoms with Crippen LogP contribution in [0.15, 0.2) is 12.1 Å². The molecular formula is C23H33F3O. The van der Waals surface area contributed by atoms with Crippen LogP contribution in [-0.4, -0.2) is 12.8 Å². The fourth-order valence-electron chi connectivity index (χ4n) is 5.20. The third kappa shape index (κ3) is 4.30. The second-order valence-electron chi connectivity index (χ2n) is 8.91. The van der Waals surface area contributed by atoms with Crippen molar-refractivity contribution in [3.8, 4) is 5.75 Å². The minimum Gasteiger partial charge on any atom is -0.491 e. The zero-order valence-electron chi connectivity index (χ0n) is 16.9. The summed E-state index contributed by atoms with van der Waals surface area (Å²) in [7, 11) is 0. The maximum atomic E-state index is 15.0. The SMILES string of the molecule is CCOc1ccc(C2CCC(C3CCC(C)(CC)CC3)C(F)C2)c(F)c1F. The van der Waals surface area contributed by atoms with Crippen molar-refractivity contribution >= 4 is 0 Å². The molecule has 1 aromatic carbocycles. The summed E-state index contributed by atoms with van der Waals surface area (Å²) in [5.74, 6) is -1.59. The second-order valence-corrected chi connectivity index (χ2v) is 8.91. The summed E-state index contributed by atoms with van der Waals surface area (Å²) in [5.41, 5.74) is 0.724. The van der Waals surface area contributed by atoms with Crippen molar-refractivity contribution in [2.45, 2.75) is 84.2 Å². The molecule has 2 aliphatic carbocycles. The van der Waals surface area contributed by atoms with E-state index in [-0.39, 0.29) is 24.2 Å². The van der Waals surface area contributed by atoms with E-state index in [4.69, 9.17) is 4.74 Å². The highest BCUT2D eigenvalue weighted by molar-refractivity contribution is 5.33. The van der Waals surface area contributed by atoms with Gasteiger partial charge in [-0.25, -0.2) is 8.78 Å². The van der Waals surface area contributed by atoms with Crippen LogP contribution in [0.1, 0.15) is 83.6 Å². The molecule has 3 atom stereocenters. The van der Waals surface area contributed by atoms with Crippen LogP contribution < -0.4 is 4.74 Å². The molecule has 0 amide bonds. The molecule has 0 aromatic heterocycles. The molecule has 0 aliphatic heterocycles. The van der Waals surface area contributed by atoms with Crippen LogP contribution in [0.25, 0.3) is 0 Å². The van der Waals surface area contributed by atoms with E-state index < -0.39 is 17.8 Å². The highest BCUT2D eigenvalue weighted by Crippen LogP contribution is 2.49. The van der Waals surface area contributed by atoms with Crippen LogP contribution in [0.4, 0.5) is 13.2 Å². The number of halogens is 3. The van der Waals surface area contributed by atoms with E-state index in [1.165, 1.54) is 25.3 Å². The minimum absolute atomic E-state index is 0.0644. The number of hydrogen-bond acceptors (Lipinski definition) is 1. The van der Waals surface area contributed by atoms with Crippen LogP contribution in [0.3, 0.4) is 0 Å². The Bertz CT molecular complexity index is 637. The van der Waals surface area contributed by atoms with Gasteiger partial charge in [0, 0.05) is 0 Å². The van der Waals surface area contributed by atoms with Gasteiger partial charge in [0.2, 0.25) is 5.82 Å². The van der Waals surface area contributed by atoms with Gasteiger partial charge in [0.1, 0.15) is 6.17 Å². The van der Waals surface area contributed by atoms with E-state index in [0.29, 0.717) is 23.3 Å². The Balaban J connectivity index is 1.65. The lowest BCUT2D eigenvalue weighted by atomic mass is 9.63. The lowest BCUT2D eigenvalue weighted by molar-refractivity contribution is 0.0523. The standard InChI is InChI=1S/C23H33F3O/c1-4-23(3)12-10-15(11-13-23)17-7-6-16(14-19(17)24)18-8-9-20(27-5-2)22(26)21(18)25/h8-9,15-17,19H,4-7,10-14H2,1-3H3. The van der Waals surface area contributed by atoms with Gasteiger partial charge < -0.3 is 4.74 Å². The Morgan fingerprint density at radius 1 is 1.04 bits per heavy atom. The van der Waals surface area contributed by atoms with E-state index in [9.17, 15) is 8.78 Å². The first-order valence-corrected chi connectivity index (χ1v) is 10.6. The van der Waals surface area contributed by atoms with Gasteiger partial charge in [0.05, 0.1) is 6.61 Å². The number of rotatable bonds is 5. The smallest absolute Gasteiger partial charge is 0.200 e. The van der Waals surface area contributed by atoms with Crippen LogP contribution in [-0.2, 0) is 0 Å². The summed E-state index contributed by atoms with van der Waals surface area (Å²) in [6.45, 7) is 6.60. The van der Waals surface area contributed by atoms with Crippen LogP contribution in [0.2, 0.25) is 0 Å². The summed E-state index contributed by atoms with van der Waals surface area (Å²) in [6.07, 6.45) is 6.64. The molecular weight excluding hydrogens is 349 g/mol. The Hall–Kier alpha value is -1.19. The predicted molar refractivity (Wildman–Crippen MR) is 103 cm³/mol. The third-order valence-corrected chi connectivity index (χ3v) is 7.34. The van der Waals surface area contributed by atoms with Gasteiger partial charge in [0.15, 0.2) is 11.6 Å². The molecule has 0 saturated heterocycles. The van der Waals surface area contributed by atoms with Gasteiger partial charge in [-0.05, 0) is 86.7 Å². The highest BCUT2D eigenvalue weighted by atomic mass is 19.2. The maximum absolute atomic E-state index is 15.0. The Morgan fingerprint density at radius 2 is 1.74 bits per heavy atom. The van der Waals surface area contributed by atoms with E-state index in [2.05, 4.69) is 13.8 Å². The van der Waals surface area contributed by atoms with E-state index in [1.807, 2.05) is 0 Å². The first kappa shape index (κ1) is 20.5. The van der Waals surface area contributed by atoms with Gasteiger partial charge in [-0.3, -0.25) is 0 Å². The molecule has 0 spiro atoms. The molecule has 2 fully saturated rings. The molecule has 1 aromatic rings. The lowest BCUT2D eigenvalue weighted by Crippen LogP contribution is -2.35. The Morgan fingerprint density at radius 3 is 2.33 bits per heavy atom. The zero-order valence-corrected chi connectivity index (χ0v) is 16.9. The number of ether oxygens (including phenoxy) is 1. The largest absolute Gasteiger partial charge is 0.491 e. The second kappa shape index (κ2) is 8.45. The summed E-state index contributed by atoms with van der Waals surface area (Å²) in [6, 6.07) is 3.05. The van der Waals surface area contributed by atoms with Crippen molar-refractivity contribution in [2.24, 2.45) is 17.3 Å². The molecule has 152 valence electrons. The average molecular weight is 383 g/mol. The molecule has 3 unspecified atom stereocenters. The molecule has 0 radical (unpaired) electrons. The molecule has 2 aliphatic rings. The van der Waals surface area contributed by atoms with E-state index in [1.54, 1.807) is 13.0 Å². The van der Waals surface area contributed by atoms with Crippen molar-refractivity contribution in [3.05, 3.63) is 29.3 Å². The first-order chi connectivity index (χ1) is 12.9. The molecule has 2 saturated carbocycles. The van der Waals surface area contributed by atoms with Gasteiger partial charge in [-0.15, -0.1) is 0 Å². The summed E-state index contributed by atoms with van der Waals surface area (Å²) >= 11 is 0. The van der Waals surface area contributed by atoms with Crippen LogP contribution >= 0.6 is 0 Å². The highest BCUT2D eigenvalue weighted by Gasteiger charge is 2.40. The molecule has 1 nitrogen and oxygen atoms in total. The topological polar surface area (TPSA) is 9.23 Å². The van der Waals surface area contributed by atoms with Crippen LogP contribution in [0.5, 0.6) is 5.75 Å². The Kier molecular flexibility index (Phi) is 6.43. The minimum atomic E-state index is -0.946. The molecule has 0 bridgehead atoms. The van der Waals surface area contributed by atoms with Crippen molar-refractivity contribution in [2.75, 3.05) is 6.61 Å². The fraction of sp³-hybridized carbons (Fsp3) is 0.739. The summed E-state index contributed by atoms with van der Waals surface area (Å²) < 4.78 is 48.8. The van der Waals surface area contributed by atoms with Crippen molar-refractivity contribution in [1.82, 2.24) is 0 Å². The average Bonchev–Trinajstić information content (AvgIpc) is 2.67. The number of hydrogen-bond donors (Lipinski definition) is 0. The molecule has 0 N–H and O–H groups in total. The quantitative estimate of drug-likeness (QED) is 0.523. The first-order valence-electron chi connectivity index (χ1n) is 10.6. The van der Waals surface area contributed by atoms with Crippen molar-refractivity contribution in [1.29, 1.82) is 0 Å². The normalized spacial score (nSPS) is 34.4. The van der Waals surface area contributed by atoms with Gasteiger partial charge in [-0.1, -0.05) is 26.3 Å². The molecule has 3 rings (SSSR count). The summed E-state index contributed by atoms with van der Waals surface area (Å²) in [5, 5.41) is 0. The monoisotopic (exact) mass is 382 g/mol. The summed E-state index contributed by atoms with van der Waals surface area (Å²) in [4.78, 5) is 0. The number of alkyl halides is 1. The van der Waals surface area contributed by atoms with E-state index >= 15 is 4.39 Å².